The molecule has 0 aliphatic carbocycles. The standard InChI is InChI=1S/C10H7BrN2O3S/c1-13-9(15)6(8(14)12-10(13)17)4-5-2-3-7(11)16-5/h2-4H,1H3,(H,12,14,17). The molecule has 0 unspecified atom stereocenters. The Morgan fingerprint density at radius 1 is 1.47 bits per heavy atom. The van der Waals surface area contributed by atoms with Crippen molar-refractivity contribution in [3.63, 3.8) is 0 Å². The summed E-state index contributed by atoms with van der Waals surface area (Å²) in [6.45, 7) is 0. The second kappa shape index (κ2) is 4.42. The molecule has 1 saturated heterocycles. The quantitative estimate of drug-likeness (QED) is 0.482. The molecule has 1 aromatic rings. The van der Waals surface area contributed by atoms with Gasteiger partial charge in [0.15, 0.2) is 9.78 Å². The van der Waals surface area contributed by atoms with Crippen LogP contribution in [-0.4, -0.2) is 28.9 Å². The predicted molar refractivity (Wildman–Crippen MR) is 67.9 cm³/mol. The summed E-state index contributed by atoms with van der Waals surface area (Å²) in [6, 6.07) is 3.32. The molecule has 0 saturated carbocycles. The number of furan rings is 1. The number of carbonyl (C=O) groups is 2. The van der Waals surface area contributed by atoms with Gasteiger partial charge in [0.1, 0.15) is 11.3 Å². The van der Waals surface area contributed by atoms with Crippen LogP contribution in [0.3, 0.4) is 0 Å². The van der Waals surface area contributed by atoms with Crippen LogP contribution in [0.15, 0.2) is 26.8 Å². The highest BCUT2D eigenvalue weighted by Gasteiger charge is 2.30. The van der Waals surface area contributed by atoms with Crippen LogP contribution in [-0.2, 0) is 9.59 Å². The molecule has 2 heterocycles. The number of halogens is 1. The number of nitrogens with one attached hydrogen (secondary N) is 1. The Balaban J connectivity index is 2.37. The second-order valence-electron chi connectivity index (χ2n) is 3.32. The minimum absolute atomic E-state index is 0.0112. The van der Waals surface area contributed by atoms with Crippen molar-refractivity contribution in [2.45, 2.75) is 0 Å². The fraction of sp³-hybridized carbons (Fsp3) is 0.100. The summed E-state index contributed by atoms with van der Waals surface area (Å²) in [7, 11) is 1.50. The highest BCUT2D eigenvalue weighted by molar-refractivity contribution is 9.10. The molecule has 1 N–H and O–H groups in total. The summed E-state index contributed by atoms with van der Waals surface area (Å²) in [5.74, 6) is -0.562. The number of rotatable bonds is 1. The first kappa shape index (κ1) is 12.0. The first-order valence-electron chi connectivity index (χ1n) is 4.59. The Kier molecular flexibility index (Phi) is 3.12. The van der Waals surface area contributed by atoms with Gasteiger partial charge >= 0.3 is 0 Å². The van der Waals surface area contributed by atoms with Gasteiger partial charge < -0.3 is 4.42 Å². The van der Waals surface area contributed by atoms with Gasteiger partial charge in [-0.2, -0.15) is 0 Å². The van der Waals surface area contributed by atoms with E-state index >= 15 is 0 Å². The third-order valence-electron chi connectivity index (χ3n) is 2.19. The van der Waals surface area contributed by atoms with E-state index in [9.17, 15) is 9.59 Å². The van der Waals surface area contributed by atoms with E-state index < -0.39 is 11.8 Å². The molecule has 0 atom stereocenters. The van der Waals surface area contributed by atoms with Crippen LogP contribution in [0, 0.1) is 0 Å². The molecule has 5 nitrogen and oxygen atoms in total. The normalized spacial score (nSPS) is 18.8. The van der Waals surface area contributed by atoms with Crippen LogP contribution in [0.25, 0.3) is 6.08 Å². The fourth-order valence-corrected chi connectivity index (χ4v) is 1.79. The summed E-state index contributed by atoms with van der Waals surface area (Å²) in [5.41, 5.74) is -0.0112. The number of hydrogen-bond acceptors (Lipinski definition) is 4. The van der Waals surface area contributed by atoms with Gasteiger partial charge in [0, 0.05) is 7.05 Å². The molecule has 17 heavy (non-hydrogen) atoms. The second-order valence-corrected chi connectivity index (χ2v) is 4.49. The molecule has 1 aliphatic heterocycles. The fourth-order valence-electron chi connectivity index (χ4n) is 1.29. The van der Waals surface area contributed by atoms with E-state index in [0.29, 0.717) is 10.4 Å². The van der Waals surface area contributed by atoms with Gasteiger partial charge in [-0.1, -0.05) is 0 Å². The average Bonchev–Trinajstić information content (AvgIpc) is 2.67. The van der Waals surface area contributed by atoms with Crippen molar-refractivity contribution < 1.29 is 14.0 Å². The summed E-state index contributed by atoms with van der Waals surface area (Å²) in [5, 5.41) is 2.51. The van der Waals surface area contributed by atoms with Gasteiger partial charge in [-0.15, -0.1) is 0 Å². The first-order valence-corrected chi connectivity index (χ1v) is 5.79. The van der Waals surface area contributed by atoms with E-state index in [0.717, 1.165) is 0 Å². The lowest BCUT2D eigenvalue weighted by atomic mass is 10.1. The molecule has 1 aromatic heterocycles. The number of nitrogens with zero attached hydrogens (tertiary/aromatic N) is 1. The van der Waals surface area contributed by atoms with Crippen LogP contribution >= 0.6 is 28.1 Å². The molecule has 0 radical (unpaired) electrons. The van der Waals surface area contributed by atoms with Crippen molar-refractivity contribution in [3.05, 3.63) is 28.1 Å². The van der Waals surface area contributed by atoms with Crippen molar-refractivity contribution in [1.29, 1.82) is 0 Å². The van der Waals surface area contributed by atoms with Crippen molar-refractivity contribution in [2.24, 2.45) is 0 Å². The Morgan fingerprint density at radius 3 is 2.76 bits per heavy atom. The predicted octanol–water partition coefficient (Wildman–Crippen LogP) is 1.30. The molecule has 2 rings (SSSR count). The topological polar surface area (TPSA) is 62.6 Å². The summed E-state index contributed by atoms with van der Waals surface area (Å²) in [6.07, 6.45) is 1.38. The van der Waals surface area contributed by atoms with Crippen LogP contribution < -0.4 is 5.32 Å². The molecular weight excluding hydrogens is 308 g/mol. The van der Waals surface area contributed by atoms with E-state index in [2.05, 4.69) is 21.2 Å². The molecule has 0 bridgehead atoms. The molecule has 88 valence electrons. The average molecular weight is 315 g/mol. The zero-order valence-corrected chi connectivity index (χ0v) is 11.1. The Bertz CT molecular complexity index is 550. The van der Waals surface area contributed by atoms with Gasteiger partial charge in [0.05, 0.1) is 0 Å². The van der Waals surface area contributed by atoms with E-state index in [-0.39, 0.29) is 10.7 Å². The number of carbonyl (C=O) groups excluding carboxylic acids is 2. The van der Waals surface area contributed by atoms with Crippen molar-refractivity contribution in [1.82, 2.24) is 10.2 Å². The molecular formula is C10H7BrN2O3S. The molecule has 1 aliphatic rings. The van der Waals surface area contributed by atoms with Gasteiger partial charge in [-0.3, -0.25) is 19.8 Å². The summed E-state index contributed by atoms with van der Waals surface area (Å²) in [4.78, 5) is 24.6. The lowest BCUT2D eigenvalue weighted by Gasteiger charge is -2.24. The number of amides is 2. The summed E-state index contributed by atoms with van der Waals surface area (Å²) < 4.78 is 5.73. The maximum Gasteiger partial charge on any atom is 0.265 e. The highest BCUT2D eigenvalue weighted by Crippen LogP contribution is 2.18. The van der Waals surface area contributed by atoms with Gasteiger partial charge in [-0.05, 0) is 46.4 Å². The Hall–Kier alpha value is -1.47. The monoisotopic (exact) mass is 314 g/mol. The van der Waals surface area contributed by atoms with Gasteiger partial charge in [0.25, 0.3) is 11.8 Å². The van der Waals surface area contributed by atoms with E-state index in [4.69, 9.17) is 16.6 Å². The van der Waals surface area contributed by atoms with E-state index in [1.807, 2.05) is 0 Å². The molecule has 2 amide bonds. The third kappa shape index (κ3) is 2.29. The SMILES string of the molecule is CN1C(=O)C(=Cc2ccc(Br)o2)C(=O)NC1=S. The zero-order valence-electron chi connectivity index (χ0n) is 8.69. The Morgan fingerprint density at radius 2 is 2.18 bits per heavy atom. The van der Waals surface area contributed by atoms with Crippen LogP contribution in [0.1, 0.15) is 5.76 Å². The summed E-state index contributed by atoms with van der Waals surface area (Å²) >= 11 is 7.96. The highest BCUT2D eigenvalue weighted by atomic mass is 79.9. The lowest BCUT2D eigenvalue weighted by Crippen LogP contribution is -2.52. The first-order chi connectivity index (χ1) is 7.99. The smallest absolute Gasteiger partial charge is 0.265 e. The molecule has 7 heteroatoms. The van der Waals surface area contributed by atoms with Crippen LogP contribution in [0.4, 0.5) is 0 Å². The van der Waals surface area contributed by atoms with E-state index in [1.54, 1.807) is 12.1 Å². The largest absolute Gasteiger partial charge is 0.450 e. The third-order valence-corrected chi connectivity index (χ3v) is 2.99. The Labute approximate surface area is 111 Å². The van der Waals surface area contributed by atoms with Gasteiger partial charge in [-0.25, -0.2) is 0 Å². The minimum Gasteiger partial charge on any atom is -0.450 e. The zero-order chi connectivity index (χ0) is 12.6. The molecule has 0 aromatic carbocycles. The maximum atomic E-state index is 11.8. The van der Waals surface area contributed by atoms with E-state index in [1.165, 1.54) is 18.0 Å². The van der Waals surface area contributed by atoms with Crippen LogP contribution in [0.2, 0.25) is 0 Å². The minimum atomic E-state index is -0.523. The van der Waals surface area contributed by atoms with Crippen LogP contribution in [0.5, 0.6) is 0 Å². The molecule has 0 spiro atoms. The van der Waals surface area contributed by atoms with Crippen molar-refractivity contribution in [2.75, 3.05) is 7.05 Å². The maximum absolute atomic E-state index is 11.8. The number of hydrogen-bond donors (Lipinski definition) is 1. The molecule has 1 fully saturated rings. The number of thiocarbonyl (C=S) groups is 1. The van der Waals surface area contributed by atoms with Crippen molar-refractivity contribution in [3.8, 4) is 0 Å². The van der Waals surface area contributed by atoms with Gasteiger partial charge in [0.2, 0.25) is 0 Å². The van der Waals surface area contributed by atoms with Crippen molar-refractivity contribution >= 4 is 51.2 Å². The number of likely N-dealkylation sites (N-methyl/N-ethyl adjacent to an activating group) is 1. The lowest BCUT2D eigenvalue weighted by molar-refractivity contribution is -0.128.